The number of amides is 3. The average Bonchev–Trinajstić information content (AvgIpc) is 2.45. The molecule has 5 N–H and O–H groups in total. The van der Waals surface area contributed by atoms with Crippen LogP contribution in [0.4, 0.5) is 0 Å². The molecule has 3 atom stereocenters. The number of hydrogen-bond acceptors (Lipinski definition) is 5. The van der Waals surface area contributed by atoms with Crippen molar-refractivity contribution < 1.29 is 19.5 Å². The maximum absolute atomic E-state index is 12.4. The van der Waals surface area contributed by atoms with E-state index in [4.69, 9.17) is 5.73 Å². The summed E-state index contributed by atoms with van der Waals surface area (Å²) < 4.78 is 0. The highest BCUT2D eigenvalue weighted by Gasteiger charge is 2.38. The molecule has 1 saturated heterocycles. The zero-order valence-corrected chi connectivity index (χ0v) is 13.5. The molecule has 3 amide bonds. The Labute approximate surface area is 130 Å². The third kappa shape index (κ3) is 4.17. The minimum atomic E-state index is -1.17. The number of primary amides is 1. The molecule has 1 rings (SSSR count). The number of rotatable bonds is 5. The molecular weight excluding hydrogens is 288 g/mol. The van der Waals surface area contributed by atoms with Crippen molar-refractivity contribution in [1.82, 2.24) is 15.8 Å². The van der Waals surface area contributed by atoms with E-state index in [9.17, 15) is 19.5 Å². The zero-order valence-electron chi connectivity index (χ0n) is 13.5. The fraction of sp³-hybridized carbons (Fsp3) is 0.786. The normalized spacial score (nSPS) is 24.7. The summed E-state index contributed by atoms with van der Waals surface area (Å²) in [4.78, 5) is 35.6. The molecule has 3 unspecified atom stereocenters. The van der Waals surface area contributed by atoms with Gasteiger partial charge in [-0.15, -0.1) is 0 Å². The van der Waals surface area contributed by atoms with Crippen LogP contribution >= 0.6 is 0 Å². The van der Waals surface area contributed by atoms with Crippen LogP contribution in [0.5, 0.6) is 0 Å². The molecule has 8 heteroatoms. The highest BCUT2D eigenvalue weighted by molar-refractivity contribution is 5.90. The lowest BCUT2D eigenvalue weighted by atomic mass is 9.94. The Morgan fingerprint density at radius 2 is 1.91 bits per heavy atom. The molecule has 0 spiro atoms. The van der Waals surface area contributed by atoms with Gasteiger partial charge in [0.2, 0.25) is 11.8 Å². The summed E-state index contributed by atoms with van der Waals surface area (Å²) in [5.41, 5.74) is 7.21. The van der Waals surface area contributed by atoms with E-state index in [0.717, 1.165) is 0 Å². The van der Waals surface area contributed by atoms with Crippen molar-refractivity contribution in [2.45, 2.75) is 58.2 Å². The largest absolute Gasteiger partial charge is 0.383 e. The van der Waals surface area contributed by atoms with Gasteiger partial charge in [0.15, 0.2) is 0 Å². The van der Waals surface area contributed by atoms with Crippen molar-refractivity contribution in [1.29, 1.82) is 0 Å². The van der Waals surface area contributed by atoms with Gasteiger partial charge in [-0.05, 0) is 32.6 Å². The van der Waals surface area contributed by atoms with Crippen molar-refractivity contribution in [3.8, 4) is 0 Å². The minimum Gasteiger partial charge on any atom is -0.383 e. The molecule has 0 aromatic rings. The number of hydrazine groups is 1. The molecule has 126 valence electrons. The number of aliphatic hydroxyl groups is 1. The number of aliphatic hydroxyl groups excluding tert-OH is 1. The molecule has 0 bridgehead atoms. The van der Waals surface area contributed by atoms with Crippen molar-refractivity contribution in [2.24, 2.45) is 11.7 Å². The first kappa shape index (κ1) is 18.4. The van der Waals surface area contributed by atoms with Crippen molar-refractivity contribution in [2.75, 3.05) is 6.54 Å². The lowest BCUT2D eigenvalue weighted by molar-refractivity contribution is -0.146. The molecule has 0 aliphatic carbocycles. The van der Waals surface area contributed by atoms with Crippen LogP contribution in [-0.2, 0) is 14.4 Å². The summed E-state index contributed by atoms with van der Waals surface area (Å²) in [6.07, 6.45) is 0.00675. The van der Waals surface area contributed by atoms with E-state index in [1.165, 1.54) is 11.9 Å². The van der Waals surface area contributed by atoms with Crippen LogP contribution in [0.15, 0.2) is 0 Å². The fourth-order valence-electron chi connectivity index (χ4n) is 2.24. The first-order valence-corrected chi connectivity index (χ1v) is 7.46. The van der Waals surface area contributed by atoms with E-state index >= 15 is 0 Å². The lowest BCUT2D eigenvalue weighted by Crippen LogP contribution is -2.66. The monoisotopic (exact) mass is 314 g/mol. The molecule has 0 aromatic carbocycles. The van der Waals surface area contributed by atoms with Crippen LogP contribution in [0.1, 0.15) is 40.5 Å². The number of carbonyl (C=O) groups is 3. The highest BCUT2D eigenvalue weighted by atomic mass is 16.3. The maximum atomic E-state index is 12.4. The number of nitrogens with one attached hydrogen (secondary N) is 2. The third-order valence-corrected chi connectivity index (χ3v) is 3.88. The highest BCUT2D eigenvalue weighted by Crippen LogP contribution is 2.18. The van der Waals surface area contributed by atoms with Gasteiger partial charge in [0.25, 0.3) is 5.91 Å². The second kappa shape index (κ2) is 7.06. The Morgan fingerprint density at radius 1 is 1.32 bits per heavy atom. The average molecular weight is 314 g/mol. The Bertz CT molecular complexity index is 454. The first-order chi connectivity index (χ1) is 10.1. The van der Waals surface area contributed by atoms with Gasteiger partial charge in [0, 0.05) is 6.54 Å². The summed E-state index contributed by atoms with van der Waals surface area (Å²) in [7, 11) is 0. The predicted molar refractivity (Wildman–Crippen MR) is 80.1 cm³/mol. The number of carbonyl (C=O) groups excluding carboxylic acids is 3. The number of nitrogens with two attached hydrogens (primary N) is 1. The fourth-order valence-corrected chi connectivity index (χ4v) is 2.24. The summed E-state index contributed by atoms with van der Waals surface area (Å²) in [5.74, 6) is -1.74. The van der Waals surface area contributed by atoms with Gasteiger partial charge < -0.3 is 16.2 Å². The molecule has 1 fully saturated rings. The summed E-state index contributed by atoms with van der Waals surface area (Å²) in [5, 5.41) is 13.5. The number of nitrogens with zero attached hydrogens (tertiary/aromatic N) is 1. The summed E-state index contributed by atoms with van der Waals surface area (Å²) in [6, 6.07) is -0.816. The Hall–Kier alpha value is -1.67. The van der Waals surface area contributed by atoms with E-state index < -0.39 is 29.5 Å². The molecule has 8 nitrogen and oxygen atoms in total. The van der Waals surface area contributed by atoms with Gasteiger partial charge in [-0.25, -0.2) is 5.43 Å². The molecule has 22 heavy (non-hydrogen) atoms. The standard InChI is InChI=1S/C14H26N4O4/c1-8(2)10(19)11(20)16-9(3)12(21)18-7-5-6-14(4,17-18)13(15)22/h8-10,17,19H,5-7H2,1-4H3,(H2,15,22)(H,16,20). The third-order valence-electron chi connectivity index (χ3n) is 3.88. The summed E-state index contributed by atoms with van der Waals surface area (Å²) >= 11 is 0. The van der Waals surface area contributed by atoms with Crippen molar-refractivity contribution in [3.05, 3.63) is 0 Å². The SMILES string of the molecule is CC(NC(=O)C(O)C(C)C)C(=O)N1CCCC(C)(C(N)=O)N1. The molecule has 0 radical (unpaired) electrons. The van der Waals surface area contributed by atoms with Crippen molar-refractivity contribution >= 4 is 17.7 Å². The van der Waals surface area contributed by atoms with Gasteiger partial charge in [0.1, 0.15) is 17.7 Å². The Kier molecular flexibility index (Phi) is 5.90. The van der Waals surface area contributed by atoms with Crippen LogP contribution in [0.25, 0.3) is 0 Å². The Balaban J connectivity index is 2.67. The maximum Gasteiger partial charge on any atom is 0.258 e. The van der Waals surface area contributed by atoms with Crippen LogP contribution in [0.3, 0.4) is 0 Å². The van der Waals surface area contributed by atoms with E-state index in [0.29, 0.717) is 19.4 Å². The van der Waals surface area contributed by atoms with Crippen LogP contribution in [0.2, 0.25) is 0 Å². The molecule has 0 saturated carbocycles. The first-order valence-electron chi connectivity index (χ1n) is 7.46. The van der Waals surface area contributed by atoms with Gasteiger partial charge in [-0.3, -0.25) is 19.4 Å². The van der Waals surface area contributed by atoms with E-state index in [-0.39, 0.29) is 11.8 Å². The van der Waals surface area contributed by atoms with E-state index in [1.54, 1.807) is 20.8 Å². The second-order valence-corrected chi connectivity index (χ2v) is 6.32. The molecular formula is C14H26N4O4. The van der Waals surface area contributed by atoms with E-state index in [1.807, 2.05) is 0 Å². The Morgan fingerprint density at radius 3 is 2.41 bits per heavy atom. The molecule has 1 heterocycles. The quantitative estimate of drug-likeness (QED) is 0.511. The van der Waals surface area contributed by atoms with E-state index in [2.05, 4.69) is 10.7 Å². The van der Waals surface area contributed by atoms with Gasteiger partial charge in [-0.1, -0.05) is 13.8 Å². The minimum absolute atomic E-state index is 0.242. The smallest absolute Gasteiger partial charge is 0.258 e. The number of hydrogen-bond donors (Lipinski definition) is 4. The van der Waals surface area contributed by atoms with Gasteiger partial charge in [0.05, 0.1) is 0 Å². The second-order valence-electron chi connectivity index (χ2n) is 6.32. The van der Waals surface area contributed by atoms with Gasteiger partial charge in [-0.2, -0.15) is 0 Å². The molecule has 1 aliphatic heterocycles. The summed E-state index contributed by atoms with van der Waals surface area (Å²) in [6.45, 7) is 7.02. The molecule has 1 aliphatic rings. The zero-order chi connectivity index (χ0) is 17.1. The predicted octanol–water partition coefficient (Wildman–Crippen LogP) is -1.12. The lowest BCUT2D eigenvalue weighted by Gasteiger charge is -2.40. The van der Waals surface area contributed by atoms with Crippen LogP contribution < -0.4 is 16.5 Å². The van der Waals surface area contributed by atoms with Gasteiger partial charge >= 0.3 is 0 Å². The molecule has 0 aromatic heterocycles. The van der Waals surface area contributed by atoms with Crippen LogP contribution in [0, 0.1) is 5.92 Å². The van der Waals surface area contributed by atoms with Crippen LogP contribution in [-0.4, -0.2) is 52.1 Å². The van der Waals surface area contributed by atoms with Crippen molar-refractivity contribution in [3.63, 3.8) is 0 Å². The topological polar surface area (TPSA) is 125 Å².